The van der Waals surface area contributed by atoms with E-state index >= 15 is 0 Å². The predicted octanol–water partition coefficient (Wildman–Crippen LogP) is 3.31. The molecule has 4 atom stereocenters. The number of aromatic nitrogens is 1. The van der Waals surface area contributed by atoms with Crippen LogP contribution in [0, 0.1) is 17.7 Å². The number of hydrogen-bond donors (Lipinski definition) is 1. The van der Waals surface area contributed by atoms with E-state index in [-0.39, 0.29) is 11.9 Å². The lowest BCUT2D eigenvalue weighted by Gasteiger charge is -2.24. The molecule has 1 aromatic rings. The molecule has 2 rings (SSSR count). The monoisotopic (exact) mass is 236 g/mol. The summed E-state index contributed by atoms with van der Waals surface area (Å²) < 4.78 is 12.8. The molecule has 1 aliphatic rings. The first-order chi connectivity index (χ1) is 8.08. The van der Waals surface area contributed by atoms with Crippen LogP contribution in [0.5, 0.6) is 0 Å². The Hall–Kier alpha value is -0.960. The average molecular weight is 236 g/mol. The highest BCUT2D eigenvalue weighted by molar-refractivity contribution is 5.09. The lowest BCUT2D eigenvalue weighted by molar-refractivity contribution is 0.344. The van der Waals surface area contributed by atoms with E-state index in [1.165, 1.54) is 25.1 Å². The van der Waals surface area contributed by atoms with E-state index in [4.69, 9.17) is 0 Å². The van der Waals surface area contributed by atoms with Crippen LogP contribution in [0.2, 0.25) is 0 Å². The van der Waals surface area contributed by atoms with Gasteiger partial charge in [-0.25, -0.2) is 4.39 Å². The van der Waals surface area contributed by atoms with Gasteiger partial charge in [0.1, 0.15) is 5.82 Å². The van der Waals surface area contributed by atoms with Crippen LogP contribution in [0.1, 0.15) is 45.3 Å². The number of halogens is 1. The fourth-order valence-electron chi connectivity index (χ4n) is 2.65. The van der Waals surface area contributed by atoms with Crippen molar-refractivity contribution in [2.24, 2.45) is 11.8 Å². The minimum atomic E-state index is -0.274. The van der Waals surface area contributed by atoms with E-state index in [1.807, 2.05) is 0 Å². The molecule has 0 amide bonds. The maximum Gasteiger partial charge on any atom is 0.141 e. The van der Waals surface area contributed by atoms with Crippen molar-refractivity contribution in [1.82, 2.24) is 10.3 Å². The molecule has 0 aliphatic heterocycles. The number of nitrogens with zero attached hydrogens (tertiary/aromatic N) is 1. The number of nitrogens with one attached hydrogen (secondary N) is 1. The summed E-state index contributed by atoms with van der Waals surface area (Å²) in [6.45, 7) is 6.71. The van der Waals surface area contributed by atoms with Gasteiger partial charge in [-0.1, -0.05) is 13.8 Å². The molecule has 0 aromatic carbocycles. The van der Waals surface area contributed by atoms with Gasteiger partial charge in [0, 0.05) is 12.1 Å². The van der Waals surface area contributed by atoms with E-state index in [2.05, 4.69) is 31.1 Å². The van der Waals surface area contributed by atoms with Crippen LogP contribution in [0.3, 0.4) is 0 Å². The van der Waals surface area contributed by atoms with Crippen LogP contribution in [0.25, 0.3) is 0 Å². The molecule has 2 nitrogen and oxygen atoms in total. The summed E-state index contributed by atoms with van der Waals surface area (Å²) in [7, 11) is 0. The number of pyridine rings is 1. The van der Waals surface area contributed by atoms with Crippen LogP contribution >= 0.6 is 0 Å². The van der Waals surface area contributed by atoms with Gasteiger partial charge in [-0.2, -0.15) is 0 Å². The van der Waals surface area contributed by atoms with Gasteiger partial charge in [0.05, 0.1) is 11.9 Å². The zero-order valence-corrected chi connectivity index (χ0v) is 10.8. The second-order valence-electron chi connectivity index (χ2n) is 5.31. The number of rotatable bonds is 3. The minimum absolute atomic E-state index is 0.188. The predicted molar refractivity (Wildman–Crippen MR) is 67.1 cm³/mol. The Labute approximate surface area is 103 Å². The highest BCUT2D eigenvalue weighted by Gasteiger charge is 2.30. The molecule has 94 valence electrons. The Morgan fingerprint density at radius 2 is 2.12 bits per heavy atom. The molecule has 0 spiro atoms. The van der Waals surface area contributed by atoms with Crippen LogP contribution < -0.4 is 5.32 Å². The molecule has 1 saturated carbocycles. The van der Waals surface area contributed by atoms with Gasteiger partial charge < -0.3 is 5.32 Å². The third kappa shape index (κ3) is 2.83. The topological polar surface area (TPSA) is 24.9 Å². The summed E-state index contributed by atoms with van der Waals surface area (Å²) in [6, 6.07) is 3.98. The van der Waals surface area contributed by atoms with E-state index < -0.39 is 0 Å². The fraction of sp³-hybridized carbons (Fsp3) is 0.643. The summed E-state index contributed by atoms with van der Waals surface area (Å²) in [6.07, 6.45) is 3.81. The maximum atomic E-state index is 12.8. The highest BCUT2D eigenvalue weighted by Crippen LogP contribution is 2.32. The van der Waals surface area contributed by atoms with Gasteiger partial charge >= 0.3 is 0 Å². The average Bonchev–Trinajstić information content (AvgIpc) is 2.62. The second-order valence-corrected chi connectivity index (χ2v) is 5.31. The first kappa shape index (κ1) is 12.5. The molecule has 0 saturated heterocycles. The summed E-state index contributed by atoms with van der Waals surface area (Å²) in [5.41, 5.74) is 0.915. The molecule has 3 heteroatoms. The molecule has 0 radical (unpaired) electrons. The van der Waals surface area contributed by atoms with Gasteiger partial charge in [0.2, 0.25) is 0 Å². The van der Waals surface area contributed by atoms with Crippen molar-refractivity contribution in [2.75, 3.05) is 0 Å². The molecule has 1 N–H and O–H groups in total. The molecule has 1 fully saturated rings. The first-order valence-corrected chi connectivity index (χ1v) is 6.45. The van der Waals surface area contributed by atoms with Crippen molar-refractivity contribution in [3.63, 3.8) is 0 Å². The van der Waals surface area contributed by atoms with Crippen molar-refractivity contribution < 1.29 is 4.39 Å². The SMILES string of the molecule is CC(NC1CCC(C)C1C)c1ccc(F)cn1. The van der Waals surface area contributed by atoms with Crippen LogP contribution in [-0.4, -0.2) is 11.0 Å². The molecule has 1 aromatic heterocycles. The summed E-state index contributed by atoms with van der Waals surface area (Å²) in [4.78, 5) is 4.13. The fourth-order valence-corrected chi connectivity index (χ4v) is 2.65. The molecule has 0 bridgehead atoms. The Bertz CT molecular complexity index is 363. The molecule has 1 aliphatic carbocycles. The van der Waals surface area contributed by atoms with E-state index in [1.54, 1.807) is 6.07 Å². The lowest BCUT2D eigenvalue weighted by atomic mass is 9.97. The highest BCUT2D eigenvalue weighted by atomic mass is 19.1. The zero-order valence-electron chi connectivity index (χ0n) is 10.8. The second kappa shape index (κ2) is 5.13. The largest absolute Gasteiger partial charge is 0.306 e. The Morgan fingerprint density at radius 3 is 2.65 bits per heavy atom. The molecule has 4 unspecified atom stereocenters. The third-order valence-corrected chi connectivity index (χ3v) is 4.12. The zero-order chi connectivity index (χ0) is 12.4. The van der Waals surface area contributed by atoms with Gasteiger partial charge in [-0.05, 0) is 43.7 Å². The summed E-state index contributed by atoms with van der Waals surface area (Å²) in [5, 5.41) is 3.61. The van der Waals surface area contributed by atoms with E-state index in [0.717, 1.165) is 11.6 Å². The van der Waals surface area contributed by atoms with Crippen molar-refractivity contribution >= 4 is 0 Å². The third-order valence-electron chi connectivity index (χ3n) is 4.12. The van der Waals surface area contributed by atoms with Gasteiger partial charge in [0.15, 0.2) is 0 Å². The van der Waals surface area contributed by atoms with Crippen LogP contribution in [-0.2, 0) is 0 Å². The minimum Gasteiger partial charge on any atom is -0.306 e. The van der Waals surface area contributed by atoms with E-state index in [0.29, 0.717) is 12.0 Å². The lowest BCUT2D eigenvalue weighted by Crippen LogP contribution is -2.34. The van der Waals surface area contributed by atoms with Crippen molar-refractivity contribution in [3.05, 3.63) is 29.8 Å². The van der Waals surface area contributed by atoms with E-state index in [9.17, 15) is 4.39 Å². The molecular formula is C14H21FN2. The normalized spacial score (nSPS) is 30.5. The van der Waals surface area contributed by atoms with Crippen molar-refractivity contribution in [1.29, 1.82) is 0 Å². The van der Waals surface area contributed by atoms with Crippen LogP contribution in [0.15, 0.2) is 18.3 Å². The molecule has 17 heavy (non-hydrogen) atoms. The maximum absolute atomic E-state index is 12.8. The van der Waals surface area contributed by atoms with Gasteiger partial charge in [-0.15, -0.1) is 0 Å². The first-order valence-electron chi connectivity index (χ1n) is 6.45. The standard InChI is InChI=1S/C14H21FN2/c1-9-4-6-13(10(9)2)17-11(3)14-7-5-12(15)8-16-14/h5,7-11,13,17H,4,6H2,1-3H3. The van der Waals surface area contributed by atoms with Crippen LogP contribution in [0.4, 0.5) is 4.39 Å². The number of hydrogen-bond acceptors (Lipinski definition) is 2. The summed E-state index contributed by atoms with van der Waals surface area (Å²) in [5.74, 6) is 1.22. The molecular weight excluding hydrogens is 215 g/mol. The van der Waals surface area contributed by atoms with Gasteiger partial charge in [-0.3, -0.25) is 4.98 Å². The molecule has 1 heterocycles. The quantitative estimate of drug-likeness (QED) is 0.871. The van der Waals surface area contributed by atoms with Crippen molar-refractivity contribution in [2.45, 2.75) is 45.7 Å². The smallest absolute Gasteiger partial charge is 0.141 e. The summed E-state index contributed by atoms with van der Waals surface area (Å²) >= 11 is 0. The van der Waals surface area contributed by atoms with Gasteiger partial charge in [0.25, 0.3) is 0 Å². The Morgan fingerprint density at radius 1 is 1.35 bits per heavy atom. The Balaban J connectivity index is 1.97. The Kier molecular flexibility index (Phi) is 3.77. The van der Waals surface area contributed by atoms with Crippen molar-refractivity contribution in [3.8, 4) is 0 Å².